The Bertz CT molecular complexity index is 640. The minimum Gasteiger partial charge on any atom is -0.479 e. The Kier molecular flexibility index (Phi) is 8.35. The first-order valence-corrected chi connectivity index (χ1v) is 9.74. The summed E-state index contributed by atoms with van der Waals surface area (Å²) < 4.78 is 21.5. The third-order valence-electron chi connectivity index (χ3n) is 4.81. The molecule has 2 heterocycles. The zero-order valence-corrected chi connectivity index (χ0v) is 17.6. The Morgan fingerprint density at radius 1 is 1.00 bits per heavy atom. The molecular weight excluding hydrogens is 422 g/mol. The van der Waals surface area contributed by atoms with E-state index in [1.165, 1.54) is 0 Å². The van der Waals surface area contributed by atoms with E-state index in [1.807, 2.05) is 0 Å². The molecule has 0 aromatic heterocycles. The Morgan fingerprint density at radius 2 is 1.61 bits per heavy atom. The van der Waals surface area contributed by atoms with Crippen LogP contribution in [0.2, 0.25) is 0 Å². The van der Waals surface area contributed by atoms with Crippen LogP contribution in [0.1, 0.15) is 27.7 Å². The van der Waals surface area contributed by atoms with Crippen molar-refractivity contribution in [1.82, 2.24) is 5.32 Å². The summed E-state index contributed by atoms with van der Waals surface area (Å²) >= 11 is 0. The number of carbonyl (C=O) groups excluding carboxylic acids is 1. The zero-order chi connectivity index (χ0) is 23.7. The molecule has 2 aliphatic heterocycles. The fourth-order valence-corrected chi connectivity index (χ4v) is 3.48. The highest BCUT2D eigenvalue weighted by Crippen LogP contribution is 2.31. The number of aliphatic hydroxyl groups is 5. The van der Waals surface area contributed by atoms with Gasteiger partial charge in [0.15, 0.2) is 18.7 Å². The predicted octanol–water partition coefficient (Wildman–Crippen LogP) is -3.34. The second-order valence-corrected chi connectivity index (χ2v) is 8.50. The summed E-state index contributed by atoms with van der Waals surface area (Å²) in [5, 5.41) is 62.9. The quantitative estimate of drug-likeness (QED) is 0.211. The van der Waals surface area contributed by atoms with Gasteiger partial charge in [0.2, 0.25) is 5.91 Å². The number of rotatable bonds is 6. The molecule has 0 aliphatic carbocycles. The number of amides is 1. The van der Waals surface area contributed by atoms with E-state index < -0.39 is 85.4 Å². The Morgan fingerprint density at radius 3 is 2.10 bits per heavy atom. The van der Waals surface area contributed by atoms with Crippen molar-refractivity contribution >= 4 is 11.9 Å². The first-order chi connectivity index (χ1) is 14.3. The number of carboxylic acids is 1. The first kappa shape index (κ1) is 25.8. The molecule has 4 unspecified atom stereocenters. The van der Waals surface area contributed by atoms with E-state index >= 15 is 0 Å². The fraction of sp³-hybridized carbons (Fsp3) is 0.889. The van der Waals surface area contributed by atoms with E-state index in [4.69, 9.17) is 18.9 Å². The molecule has 2 saturated heterocycles. The van der Waals surface area contributed by atoms with Crippen molar-refractivity contribution < 1.29 is 59.2 Å². The lowest BCUT2D eigenvalue weighted by Crippen LogP contribution is -2.67. The molecule has 1 amide bonds. The summed E-state index contributed by atoms with van der Waals surface area (Å²) in [6.45, 7) is 5.30. The summed E-state index contributed by atoms with van der Waals surface area (Å²) in [6.07, 6.45) is -14.5. The van der Waals surface area contributed by atoms with E-state index in [0.29, 0.717) is 0 Å². The van der Waals surface area contributed by atoms with Crippen molar-refractivity contribution in [2.45, 2.75) is 94.6 Å². The number of hydrogen-bond acceptors (Lipinski definition) is 11. The molecule has 13 nitrogen and oxygen atoms in total. The Balaban J connectivity index is 2.24. The standard InChI is InChI=1S/C18H31NO12/c1-6(21)19-8-9(22)12(7(5-20)28-16(8)27)29-17-11(24)10(23)13(31-18(2,3)4)14(30-17)15(25)26/h7-14,16-17,20,22-24,27H,5H2,1-4H3,(H,19,21)(H,25,26)/t7?,8?,9-,10-,11?,12+,13-,14?,16-,17+/m0/s1. The highest BCUT2D eigenvalue weighted by Gasteiger charge is 2.53. The maximum Gasteiger partial charge on any atom is 0.335 e. The van der Waals surface area contributed by atoms with Gasteiger partial charge in [-0.15, -0.1) is 0 Å². The van der Waals surface area contributed by atoms with Crippen LogP contribution in [-0.4, -0.2) is 116 Å². The monoisotopic (exact) mass is 453 g/mol. The third kappa shape index (κ3) is 6.09. The number of ether oxygens (including phenoxy) is 4. The van der Waals surface area contributed by atoms with Gasteiger partial charge in [-0.3, -0.25) is 4.79 Å². The van der Waals surface area contributed by atoms with E-state index in [2.05, 4.69) is 5.32 Å². The number of carboxylic acid groups (broad SMARTS) is 1. The van der Waals surface area contributed by atoms with E-state index in [0.717, 1.165) is 6.92 Å². The summed E-state index contributed by atoms with van der Waals surface area (Å²) in [4.78, 5) is 23.1. The average Bonchev–Trinajstić information content (AvgIpc) is 2.64. The van der Waals surface area contributed by atoms with Crippen LogP contribution in [0.4, 0.5) is 0 Å². The minimum absolute atomic E-state index is 0.592. The molecule has 0 spiro atoms. The average molecular weight is 453 g/mol. The summed E-state index contributed by atoms with van der Waals surface area (Å²) in [5.41, 5.74) is -0.868. The number of hydrogen-bond donors (Lipinski definition) is 7. The minimum atomic E-state index is -1.79. The number of carbonyl (C=O) groups is 2. The van der Waals surface area contributed by atoms with Crippen LogP contribution < -0.4 is 5.32 Å². The van der Waals surface area contributed by atoms with Crippen molar-refractivity contribution in [3.8, 4) is 0 Å². The molecule has 0 aromatic rings. The maximum absolute atomic E-state index is 11.7. The van der Waals surface area contributed by atoms with Gasteiger partial charge in [0.1, 0.15) is 42.7 Å². The van der Waals surface area contributed by atoms with Crippen LogP contribution in [-0.2, 0) is 28.5 Å². The first-order valence-electron chi connectivity index (χ1n) is 9.74. The molecule has 180 valence electrons. The van der Waals surface area contributed by atoms with Gasteiger partial charge in [-0.05, 0) is 20.8 Å². The van der Waals surface area contributed by atoms with Crippen molar-refractivity contribution in [1.29, 1.82) is 0 Å². The van der Waals surface area contributed by atoms with Gasteiger partial charge in [0.05, 0.1) is 12.2 Å². The van der Waals surface area contributed by atoms with Crippen LogP contribution in [0, 0.1) is 0 Å². The smallest absolute Gasteiger partial charge is 0.335 e. The van der Waals surface area contributed by atoms with Crippen molar-refractivity contribution in [3.05, 3.63) is 0 Å². The van der Waals surface area contributed by atoms with Crippen LogP contribution in [0.15, 0.2) is 0 Å². The molecule has 2 fully saturated rings. The van der Waals surface area contributed by atoms with Crippen LogP contribution >= 0.6 is 0 Å². The van der Waals surface area contributed by atoms with Gasteiger partial charge in [-0.25, -0.2) is 4.79 Å². The van der Waals surface area contributed by atoms with Crippen LogP contribution in [0.25, 0.3) is 0 Å². The second-order valence-electron chi connectivity index (χ2n) is 8.50. The van der Waals surface area contributed by atoms with Gasteiger partial charge >= 0.3 is 5.97 Å². The van der Waals surface area contributed by atoms with Crippen molar-refractivity contribution in [2.75, 3.05) is 6.61 Å². The number of nitrogens with one attached hydrogen (secondary N) is 1. The van der Waals surface area contributed by atoms with Gasteiger partial charge in [-0.1, -0.05) is 0 Å². The normalized spacial score (nSPS) is 41.6. The highest BCUT2D eigenvalue weighted by molar-refractivity contribution is 5.73. The maximum atomic E-state index is 11.7. The lowest BCUT2D eigenvalue weighted by atomic mass is 9.95. The van der Waals surface area contributed by atoms with Gasteiger partial charge in [-0.2, -0.15) is 0 Å². The van der Waals surface area contributed by atoms with Crippen molar-refractivity contribution in [2.24, 2.45) is 0 Å². The lowest BCUT2D eigenvalue weighted by Gasteiger charge is -2.47. The SMILES string of the molecule is CC(=O)NC1[C@@H](O)OC(CO)[C@@H](O[C@@H]2OC(C(=O)O)[C@@H](OC(C)(C)C)[C@@H](O)C2O)[C@H]1O. The van der Waals surface area contributed by atoms with E-state index in [-0.39, 0.29) is 0 Å². The molecule has 0 aromatic carbocycles. The molecule has 31 heavy (non-hydrogen) atoms. The topological polar surface area (TPSA) is 204 Å². The molecule has 7 N–H and O–H groups in total. The molecule has 10 atom stereocenters. The summed E-state index contributed by atoms with van der Waals surface area (Å²) in [5.74, 6) is -2.08. The third-order valence-corrected chi connectivity index (χ3v) is 4.81. The molecule has 2 aliphatic rings. The summed E-state index contributed by atoms with van der Waals surface area (Å²) in [7, 11) is 0. The predicted molar refractivity (Wildman–Crippen MR) is 99.4 cm³/mol. The Labute approximate surface area is 178 Å². The molecule has 0 bridgehead atoms. The summed E-state index contributed by atoms with van der Waals surface area (Å²) in [6, 6.07) is -1.34. The Hall–Kier alpha value is -1.42. The molecule has 13 heteroatoms. The largest absolute Gasteiger partial charge is 0.479 e. The molecule has 0 saturated carbocycles. The van der Waals surface area contributed by atoms with Gasteiger partial charge < -0.3 is 54.9 Å². The lowest BCUT2D eigenvalue weighted by molar-refractivity contribution is -0.347. The van der Waals surface area contributed by atoms with Crippen LogP contribution in [0.3, 0.4) is 0 Å². The van der Waals surface area contributed by atoms with E-state index in [1.54, 1.807) is 20.8 Å². The number of aliphatic carboxylic acids is 1. The fourth-order valence-electron chi connectivity index (χ4n) is 3.48. The highest BCUT2D eigenvalue weighted by atomic mass is 16.7. The molecule has 0 radical (unpaired) electrons. The van der Waals surface area contributed by atoms with Crippen molar-refractivity contribution in [3.63, 3.8) is 0 Å². The van der Waals surface area contributed by atoms with E-state index in [9.17, 15) is 40.2 Å². The van der Waals surface area contributed by atoms with Gasteiger partial charge in [0, 0.05) is 6.92 Å². The van der Waals surface area contributed by atoms with Gasteiger partial charge in [0.25, 0.3) is 0 Å². The number of aliphatic hydroxyl groups excluding tert-OH is 5. The zero-order valence-electron chi connectivity index (χ0n) is 17.6. The molecular formula is C18H31NO12. The molecule has 2 rings (SSSR count). The van der Waals surface area contributed by atoms with Crippen LogP contribution in [0.5, 0.6) is 0 Å². The second kappa shape index (κ2) is 10.0.